The molecule has 0 heterocycles. The molecule has 0 saturated heterocycles. The summed E-state index contributed by atoms with van der Waals surface area (Å²) in [6.07, 6.45) is 1.68. The van der Waals surface area contributed by atoms with Crippen molar-refractivity contribution in [2.24, 2.45) is 0 Å². The van der Waals surface area contributed by atoms with E-state index in [0.29, 0.717) is 13.2 Å². The van der Waals surface area contributed by atoms with Gasteiger partial charge >= 0.3 is 0 Å². The molecular weight excluding hydrogens is 346 g/mol. The SMILES string of the molecule is C=CCOc1ccc(C[NH+](C)[C@@H](C)C(=O)Nc2ccccc2[N+](=O)[O-])cc1. The number of hydrogen-bond acceptors (Lipinski definition) is 4. The van der Waals surface area contributed by atoms with Crippen LogP contribution >= 0.6 is 0 Å². The number of quaternary nitrogens is 1. The lowest BCUT2D eigenvalue weighted by atomic mass is 10.1. The van der Waals surface area contributed by atoms with Gasteiger partial charge in [0.05, 0.1) is 12.0 Å². The number of benzene rings is 2. The molecule has 2 rings (SSSR count). The standard InChI is InChI=1S/C20H23N3O4/c1-4-13-27-17-11-9-16(10-12-17)14-22(3)15(2)20(24)21-18-7-5-6-8-19(18)23(25)26/h4-12,15H,1,13-14H2,2-3H3,(H,21,24)/p+1/t15-/m0/s1. The van der Waals surface area contributed by atoms with E-state index in [9.17, 15) is 14.9 Å². The highest BCUT2D eigenvalue weighted by Gasteiger charge is 2.24. The molecule has 0 aliphatic rings. The van der Waals surface area contributed by atoms with Gasteiger partial charge < -0.3 is 15.0 Å². The topological polar surface area (TPSA) is 85.9 Å². The summed E-state index contributed by atoms with van der Waals surface area (Å²) in [5.41, 5.74) is 1.14. The van der Waals surface area contributed by atoms with Gasteiger partial charge in [-0.2, -0.15) is 0 Å². The van der Waals surface area contributed by atoms with Gasteiger partial charge in [-0.05, 0) is 37.3 Å². The van der Waals surface area contributed by atoms with Crippen molar-refractivity contribution in [3.8, 4) is 5.75 Å². The number of rotatable bonds is 9. The zero-order chi connectivity index (χ0) is 19.8. The number of para-hydroxylation sites is 2. The molecule has 2 atom stereocenters. The molecule has 2 N–H and O–H groups in total. The van der Waals surface area contributed by atoms with E-state index in [1.807, 2.05) is 31.3 Å². The minimum atomic E-state index is -0.507. The Kier molecular flexibility index (Phi) is 7.08. The van der Waals surface area contributed by atoms with E-state index < -0.39 is 4.92 Å². The van der Waals surface area contributed by atoms with Crippen molar-refractivity contribution in [1.29, 1.82) is 0 Å². The number of nitro groups is 1. The van der Waals surface area contributed by atoms with E-state index in [0.717, 1.165) is 16.2 Å². The number of carbonyl (C=O) groups is 1. The van der Waals surface area contributed by atoms with E-state index in [2.05, 4.69) is 11.9 Å². The zero-order valence-corrected chi connectivity index (χ0v) is 15.5. The molecule has 2 aromatic rings. The molecule has 7 heteroatoms. The molecule has 0 aliphatic heterocycles. The van der Waals surface area contributed by atoms with Gasteiger partial charge in [-0.3, -0.25) is 14.9 Å². The van der Waals surface area contributed by atoms with Crippen LogP contribution in [-0.2, 0) is 11.3 Å². The quantitative estimate of drug-likeness (QED) is 0.403. The van der Waals surface area contributed by atoms with Crippen LogP contribution in [-0.4, -0.2) is 30.5 Å². The summed E-state index contributed by atoms with van der Waals surface area (Å²) in [5.74, 6) is 0.492. The van der Waals surface area contributed by atoms with Gasteiger partial charge in [0.2, 0.25) is 0 Å². The number of amides is 1. The molecule has 0 aromatic heterocycles. The first kappa shape index (κ1) is 20.1. The highest BCUT2D eigenvalue weighted by molar-refractivity contribution is 5.95. The van der Waals surface area contributed by atoms with Crippen LogP contribution in [0.25, 0.3) is 0 Å². The number of hydrogen-bond donors (Lipinski definition) is 2. The first-order valence-electron chi connectivity index (χ1n) is 8.61. The molecule has 2 aromatic carbocycles. The Morgan fingerprint density at radius 1 is 1.30 bits per heavy atom. The van der Waals surface area contributed by atoms with Gasteiger partial charge in [0.15, 0.2) is 6.04 Å². The number of anilines is 1. The van der Waals surface area contributed by atoms with Crippen LogP contribution in [0.5, 0.6) is 5.75 Å². The molecule has 27 heavy (non-hydrogen) atoms. The molecular formula is C20H24N3O4+. The van der Waals surface area contributed by atoms with Crippen molar-refractivity contribution in [2.75, 3.05) is 19.0 Å². The number of ether oxygens (including phenoxy) is 1. The Bertz CT molecular complexity index is 805. The maximum absolute atomic E-state index is 12.5. The van der Waals surface area contributed by atoms with Crippen molar-refractivity contribution < 1.29 is 19.4 Å². The maximum atomic E-state index is 12.5. The number of nitrogens with one attached hydrogen (secondary N) is 2. The Balaban J connectivity index is 1.98. The lowest BCUT2D eigenvalue weighted by Crippen LogP contribution is -3.12. The first-order valence-corrected chi connectivity index (χ1v) is 8.61. The molecule has 1 amide bonds. The number of carbonyl (C=O) groups excluding carboxylic acids is 1. The van der Waals surface area contributed by atoms with Gasteiger partial charge in [0.25, 0.3) is 11.6 Å². The summed E-state index contributed by atoms with van der Waals surface area (Å²) in [5, 5.41) is 13.7. The van der Waals surface area contributed by atoms with Gasteiger partial charge in [-0.1, -0.05) is 24.8 Å². The fourth-order valence-electron chi connectivity index (χ4n) is 2.54. The summed E-state index contributed by atoms with van der Waals surface area (Å²) in [6, 6.07) is 13.4. The molecule has 1 unspecified atom stereocenters. The monoisotopic (exact) mass is 370 g/mol. The van der Waals surface area contributed by atoms with E-state index in [-0.39, 0.29) is 23.3 Å². The largest absolute Gasteiger partial charge is 0.490 e. The molecule has 0 spiro atoms. The third-order valence-corrected chi connectivity index (χ3v) is 4.27. The fourth-order valence-corrected chi connectivity index (χ4v) is 2.54. The summed E-state index contributed by atoms with van der Waals surface area (Å²) in [4.78, 5) is 24.0. The Morgan fingerprint density at radius 2 is 1.96 bits per heavy atom. The normalized spacial score (nSPS) is 12.7. The van der Waals surface area contributed by atoms with Crippen molar-refractivity contribution in [1.82, 2.24) is 0 Å². The van der Waals surface area contributed by atoms with Crippen LogP contribution in [0.2, 0.25) is 0 Å². The average Bonchev–Trinajstić information content (AvgIpc) is 2.67. The predicted molar refractivity (Wildman–Crippen MR) is 104 cm³/mol. The molecule has 0 saturated carbocycles. The van der Waals surface area contributed by atoms with Crippen LogP contribution < -0.4 is 15.0 Å². The van der Waals surface area contributed by atoms with Gasteiger partial charge in [-0.15, -0.1) is 0 Å². The minimum Gasteiger partial charge on any atom is -0.490 e. The van der Waals surface area contributed by atoms with Gasteiger partial charge in [-0.25, -0.2) is 0 Å². The third-order valence-electron chi connectivity index (χ3n) is 4.27. The average molecular weight is 370 g/mol. The highest BCUT2D eigenvalue weighted by atomic mass is 16.6. The van der Waals surface area contributed by atoms with E-state index in [1.54, 1.807) is 25.1 Å². The van der Waals surface area contributed by atoms with Crippen LogP contribution in [0, 0.1) is 10.1 Å². The molecule has 0 fully saturated rings. The molecule has 142 valence electrons. The minimum absolute atomic E-state index is 0.120. The van der Waals surface area contributed by atoms with E-state index >= 15 is 0 Å². The van der Waals surface area contributed by atoms with E-state index in [4.69, 9.17) is 4.74 Å². The van der Waals surface area contributed by atoms with Crippen LogP contribution in [0.1, 0.15) is 12.5 Å². The Hall–Kier alpha value is -3.19. The molecule has 7 nitrogen and oxygen atoms in total. The second-order valence-electron chi connectivity index (χ2n) is 6.25. The summed E-state index contributed by atoms with van der Waals surface area (Å²) in [7, 11) is 1.91. The van der Waals surface area contributed by atoms with Gasteiger partial charge in [0, 0.05) is 11.6 Å². The maximum Gasteiger partial charge on any atom is 0.292 e. The predicted octanol–water partition coefficient (Wildman–Crippen LogP) is 2.20. The fraction of sp³-hybridized carbons (Fsp3) is 0.250. The Morgan fingerprint density at radius 3 is 2.59 bits per heavy atom. The highest BCUT2D eigenvalue weighted by Crippen LogP contribution is 2.23. The van der Waals surface area contributed by atoms with Crippen molar-refractivity contribution in [2.45, 2.75) is 19.5 Å². The smallest absolute Gasteiger partial charge is 0.292 e. The van der Waals surface area contributed by atoms with Crippen molar-refractivity contribution >= 4 is 17.3 Å². The summed E-state index contributed by atoms with van der Waals surface area (Å²) in [6.45, 7) is 6.49. The second-order valence-corrected chi connectivity index (χ2v) is 6.25. The molecule has 0 radical (unpaired) electrons. The van der Waals surface area contributed by atoms with Crippen LogP contribution in [0.3, 0.4) is 0 Å². The first-order chi connectivity index (χ1) is 12.9. The van der Waals surface area contributed by atoms with Crippen molar-refractivity contribution in [3.63, 3.8) is 0 Å². The third kappa shape index (κ3) is 5.65. The summed E-state index contributed by atoms with van der Waals surface area (Å²) >= 11 is 0. The number of nitro benzene ring substituents is 1. The van der Waals surface area contributed by atoms with Crippen molar-refractivity contribution in [3.05, 3.63) is 76.9 Å². The van der Waals surface area contributed by atoms with Crippen LogP contribution in [0.4, 0.5) is 11.4 Å². The number of likely N-dealkylation sites (N-methyl/N-ethyl adjacent to an activating group) is 1. The lowest BCUT2D eigenvalue weighted by Gasteiger charge is -2.21. The lowest BCUT2D eigenvalue weighted by molar-refractivity contribution is -0.907. The molecule has 0 bridgehead atoms. The Labute approximate surface area is 158 Å². The van der Waals surface area contributed by atoms with Crippen LogP contribution in [0.15, 0.2) is 61.2 Å². The molecule has 0 aliphatic carbocycles. The van der Waals surface area contributed by atoms with Gasteiger partial charge in [0.1, 0.15) is 24.6 Å². The second kappa shape index (κ2) is 9.49. The zero-order valence-electron chi connectivity index (χ0n) is 15.5. The number of nitrogens with zero attached hydrogens (tertiary/aromatic N) is 1. The summed E-state index contributed by atoms with van der Waals surface area (Å²) < 4.78 is 5.45. The van der Waals surface area contributed by atoms with E-state index in [1.165, 1.54) is 12.1 Å².